The number of nitrogens with two attached hydrogens (primary N) is 1. The van der Waals surface area contributed by atoms with Crippen LogP contribution >= 0.6 is 0 Å². The van der Waals surface area contributed by atoms with Gasteiger partial charge < -0.3 is 10.8 Å². The standard InChI is InChI=1S/C8H15NO/c1-2-8(9)4-6-3-7(6)5-10/h2,6-8,10H,1,3-5,9H2/t6-,7+,8+/m1/s1. The summed E-state index contributed by atoms with van der Waals surface area (Å²) in [6.45, 7) is 3.93. The number of rotatable bonds is 4. The van der Waals surface area contributed by atoms with E-state index in [0.717, 1.165) is 12.8 Å². The third kappa shape index (κ3) is 1.82. The van der Waals surface area contributed by atoms with E-state index in [4.69, 9.17) is 10.8 Å². The van der Waals surface area contributed by atoms with Crippen molar-refractivity contribution in [3.8, 4) is 0 Å². The van der Waals surface area contributed by atoms with Gasteiger partial charge >= 0.3 is 0 Å². The SMILES string of the molecule is C=C[C@H](N)C[C@H]1C[C@H]1CO. The molecular weight excluding hydrogens is 126 g/mol. The molecule has 1 aliphatic rings. The Bertz CT molecular complexity index is 124. The lowest BCUT2D eigenvalue weighted by atomic mass is 10.1. The van der Waals surface area contributed by atoms with Gasteiger partial charge in [0.05, 0.1) is 0 Å². The largest absolute Gasteiger partial charge is 0.396 e. The molecule has 1 aliphatic carbocycles. The summed E-state index contributed by atoms with van der Waals surface area (Å²) in [7, 11) is 0. The van der Waals surface area contributed by atoms with Crippen LogP contribution in [-0.2, 0) is 0 Å². The van der Waals surface area contributed by atoms with Gasteiger partial charge in [-0.15, -0.1) is 6.58 Å². The van der Waals surface area contributed by atoms with Crippen LogP contribution in [0.1, 0.15) is 12.8 Å². The molecule has 0 spiro atoms. The second-order valence-electron chi connectivity index (χ2n) is 3.07. The van der Waals surface area contributed by atoms with Gasteiger partial charge in [0.1, 0.15) is 0 Å². The van der Waals surface area contributed by atoms with Crippen molar-refractivity contribution in [2.45, 2.75) is 18.9 Å². The Balaban J connectivity index is 2.11. The van der Waals surface area contributed by atoms with E-state index in [1.54, 1.807) is 6.08 Å². The van der Waals surface area contributed by atoms with Crippen molar-refractivity contribution >= 4 is 0 Å². The summed E-state index contributed by atoms with van der Waals surface area (Å²) in [6.07, 6.45) is 3.92. The fraction of sp³-hybridized carbons (Fsp3) is 0.750. The average Bonchev–Trinajstić information content (AvgIpc) is 2.67. The Morgan fingerprint density at radius 2 is 2.40 bits per heavy atom. The third-order valence-electron chi connectivity index (χ3n) is 2.18. The highest BCUT2D eigenvalue weighted by molar-refractivity contribution is 4.93. The van der Waals surface area contributed by atoms with Crippen molar-refractivity contribution in [1.29, 1.82) is 0 Å². The zero-order valence-corrected chi connectivity index (χ0v) is 6.16. The predicted octanol–water partition coefficient (Wildman–Crippen LogP) is 0.518. The van der Waals surface area contributed by atoms with Gasteiger partial charge in [0.2, 0.25) is 0 Å². The highest BCUT2D eigenvalue weighted by Gasteiger charge is 2.36. The summed E-state index contributed by atoms with van der Waals surface area (Å²) in [5, 5.41) is 8.70. The van der Waals surface area contributed by atoms with Gasteiger partial charge in [0.25, 0.3) is 0 Å². The number of hydrogen-bond acceptors (Lipinski definition) is 2. The van der Waals surface area contributed by atoms with E-state index < -0.39 is 0 Å². The molecule has 0 aromatic heterocycles. The fourth-order valence-corrected chi connectivity index (χ4v) is 1.27. The lowest BCUT2D eigenvalue weighted by molar-refractivity contribution is 0.267. The minimum absolute atomic E-state index is 0.126. The van der Waals surface area contributed by atoms with Gasteiger partial charge in [-0.1, -0.05) is 6.08 Å². The first-order valence-corrected chi connectivity index (χ1v) is 3.77. The molecular formula is C8H15NO. The van der Waals surface area contributed by atoms with Crippen LogP contribution in [0.3, 0.4) is 0 Å². The zero-order chi connectivity index (χ0) is 7.56. The highest BCUT2D eigenvalue weighted by Crippen LogP contribution is 2.41. The molecule has 3 N–H and O–H groups in total. The van der Waals surface area contributed by atoms with Gasteiger partial charge in [0.15, 0.2) is 0 Å². The third-order valence-corrected chi connectivity index (χ3v) is 2.18. The molecule has 58 valence electrons. The van der Waals surface area contributed by atoms with E-state index in [9.17, 15) is 0 Å². The molecule has 3 atom stereocenters. The topological polar surface area (TPSA) is 46.2 Å². The first-order chi connectivity index (χ1) is 4.77. The van der Waals surface area contributed by atoms with E-state index in [0.29, 0.717) is 18.4 Å². The summed E-state index contributed by atoms with van der Waals surface area (Å²) >= 11 is 0. The van der Waals surface area contributed by atoms with Crippen LogP contribution < -0.4 is 5.73 Å². The predicted molar refractivity (Wildman–Crippen MR) is 41.5 cm³/mol. The molecule has 2 heteroatoms. The minimum Gasteiger partial charge on any atom is -0.396 e. The first-order valence-electron chi connectivity index (χ1n) is 3.77. The molecule has 0 unspecified atom stereocenters. The molecule has 0 aromatic rings. The van der Waals surface area contributed by atoms with Crippen LogP contribution in [0.25, 0.3) is 0 Å². The number of aliphatic hydroxyl groups excluding tert-OH is 1. The van der Waals surface area contributed by atoms with E-state index in [-0.39, 0.29) is 6.04 Å². The van der Waals surface area contributed by atoms with Crippen molar-refractivity contribution in [3.05, 3.63) is 12.7 Å². The molecule has 0 saturated heterocycles. The van der Waals surface area contributed by atoms with E-state index in [2.05, 4.69) is 6.58 Å². The van der Waals surface area contributed by atoms with Crippen molar-refractivity contribution in [2.24, 2.45) is 17.6 Å². The molecule has 0 bridgehead atoms. The molecule has 0 aromatic carbocycles. The van der Waals surface area contributed by atoms with Crippen molar-refractivity contribution in [3.63, 3.8) is 0 Å². The van der Waals surface area contributed by atoms with E-state index in [1.807, 2.05) is 0 Å². The Labute approximate surface area is 61.7 Å². The maximum Gasteiger partial charge on any atom is 0.0462 e. The lowest BCUT2D eigenvalue weighted by Crippen LogP contribution is -2.17. The summed E-state index contributed by atoms with van der Waals surface area (Å²) < 4.78 is 0. The Morgan fingerprint density at radius 3 is 2.80 bits per heavy atom. The maximum atomic E-state index is 8.70. The maximum absolute atomic E-state index is 8.70. The van der Waals surface area contributed by atoms with Crippen LogP contribution in [0.5, 0.6) is 0 Å². The molecule has 1 saturated carbocycles. The monoisotopic (exact) mass is 141 g/mol. The lowest BCUT2D eigenvalue weighted by Gasteiger charge is -2.02. The minimum atomic E-state index is 0.126. The Kier molecular flexibility index (Phi) is 2.46. The fourth-order valence-electron chi connectivity index (χ4n) is 1.27. The Hall–Kier alpha value is -0.340. The molecule has 0 radical (unpaired) electrons. The molecule has 1 rings (SSSR count). The van der Waals surface area contributed by atoms with Gasteiger partial charge in [0, 0.05) is 12.6 Å². The summed E-state index contributed by atoms with van der Waals surface area (Å²) in [5.74, 6) is 1.20. The summed E-state index contributed by atoms with van der Waals surface area (Å²) in [5.41, 5.74) is 5.63. The Morgan fingerprint density at radius 1 is 1.70 bits per heavy atom. The van der Waals surface area contributed by atoms with Gasteiger partial charge in [-0.3, -0.25) is 0 Å². The van der Waals surface area contributed by atoms with Crippen LogP contribution in [0, 0.1) is 11.8 Å². The summed E-state index contributed by atoms with van der Waals surface area (Å²) in [4.78, 5) is 0. The molecule has 0 amide bonds. The summed E-state index contributed by atoms with van der Waals surface area (Å²) in [6, 6.07) is 0.126. The van der Waals surface area contributed by atoms with E-state index in [1.165, 1.54) is 0 Å². The zero-order valence-electron chi connectivity index (χ0n) is 6.16. The molecule has 10 heavy (non-hydrogen) atoms. The molecule has 1 fully saturated rings. The molecule has 0 aliphatic heterocycles. The van der Waals surface area contributed by atoms with Crippen LogP contribution in [0.15, 0.2) is 12.7 Å². The highest BCUT2D eigenvalue weighted by atomic mass is 16.3. The van der Waals surface area contributed by atoms with Crippen molar-refractivity contribution < 1.29 is 5.11 Å². The average molecular weight is 141 g/mol. The first kappa shape index (κ1) is 7.76. The number of aliphatic hydroxyl groups is 1. The van der Waals surface area contributed by atoms with Crippen molar-refractivity contribution in [1.82, 2.24) is 0 Å². The molecule has 0 heterocycles. The van der Waals surface area contributed by atoms with Crippen LogP contribution in [0.2, 0.25) is 0 Å². The van der Waals surface area contributed by atoms with Gasteiger partial charge in [-0.05, 0) is 24.7 Å². The second kappa shape index (κ2) is 3.17. The van der Waals surface area contributed by atoms with Crippen molar-refractivity contribution in [2.75, 3.05) is 6.61 Å². The van der Waals surface area contributed by atoms with E-state index >= 15 is 0 Å². The molecule has 2 nitrogen and oxygen atoms in total. The van der Waals surface area contributed by atoms with Crippen LogP contribution in [0.4, 0.5) is 0 Å². The van der Waals surface area contributed by atoms with Gasteiger partial charge in [-0.25, -0.2) is 0 Å². The smallest absolute Gasteiger partial charge is 0.0462 e. The number of hydrogen-bond donors (Lipinski definition) is 2. The second-order valence-corrected chi connectivity index (χ2v) is 3.07. The van der Waals surface area contributed by atoms with Crippen LogP contribution in [-0.4, -0.2) is 17.8 Å². The van der Waals surface area contributed by atoms with Gasteiger partial charge in [-0.2, -0.15) is 0 Å². The normalized spacial score (nSPS) is 33.4. The quantitative estimate of drug-likeness (QED) is 0.561.